The molecule has 2 amide bonds. The average Bonchev–Trinajstić information content (AvgIpc) is 2.97. The molecule has 0 aromatic heterocycles. The standard InChI is InChI=1S/C32H40BrN3O5S/c1-5-24(2)34-32(38)30(21-25-11-7-6-8-12-25)35(23-26-16-18-27(33)19-17-26)31(37)15-10-20-36(42(4,39)40)28-13-9-14-29(22-28)41-3/h6-9,11-14,16-19,22,24,30H,5,10,15,20-21,23H2,1-4H3,(H,34,38)/t24-,30+/m0/s1. The Morgan fingerprint density at radius 3 is 2.29 bits per heavy atom. The smallest absolute Gasteiger partial charge is 0.243 e. The van der Waals surface area contributed by atoms with Crippen LogP contribution in [0.4, 0.5) is 5.69 Å². The number of sulfonamides is 1. The van der Waals surface area contributed by atoms with Crippen LogP contribution >= 0.6 is 15.9 Å². The second kappa shape index (κ2) is 15.7. The van der Waals surface area contributed by atoms with Crippen molar-refractivity contribution in [3.63, 3.8) is 0 Å². The van der Waals surface area contributed by atoms with Crippen molar-refractivity contribution in [3.05, 3.63) is 94.5 Å². The zero-order valence-corrected chi connectivity index (χ0v) is 27.0. The maximum Gasteiger partial charge on any atom is 0.243 e. The molecule has 42 heavy (non-hydrogen) atoms. The van der Waals surface area contributed by atoms with E-state index in [9.17, 15) is 18.0 Å². The molecular weight excluding hydrogens is 618 g/mol. The maximum absolute atomic E-state index is 13.9. The molecule has 0 bridgehead atoms. The minimum Gasteiger partial charge on any atom is -0.497 e. The van der Waals surface area contributed by atoms with Gasteiger partial charge in [-0.15, -0.1) is 0 Å². The molecule has 0 saturated heterocycles. The minimum atomic E-state index is -3.62. The highest BCUT2D eigenvalue weighted by Crippen LogP contribution is 2.24. The molecule has 3 aromatic carbocycles. The molecule has 0 spiro atoms. The van der Waals surface area contributed by atoms with Gasteiger partial charge < -0.3 is 15.0 Å². The molecule has 0 saturated carbocycles. The van der Waals surface area contributed by atoms with E-state index in [1.165, 1.54) is 11.4 Å². The normalized spacial score (nSPS) is 12.7. The fraction of sp³-hybridized carbons (Fsp3) is 0.375. The lowest BCUT2D eigenvalue weighted by Gasteiger charge is -2.32. The first-order chi connectivity index (χ1) is 20.0. The van der Waals surface area contributed by atoms with Crippen LogP contribution in [0.25, 0.3) is 0 Å². The number of ether oxygens (including phenoxy) is 1. The van der Waals surface area contributed by atoms with Crippen molar-refractivity contribution in [3.8, 4) is 5.75 Å². The number of hydrogen-bond donors (Lipinski definition) is 1. The maximum atomic E-state index is 13.9. The molecule has 3 rings (SSSR count). The summed E-state index contributed by atoms with van der Waals surface area (Å²) < 4.78 is 32.8. The number of nitrogens with zero attached hydrogens (tertiary/aromatic N) is 2. The molecule has 10 heteroatoms. The lowest BCUT2D eigenvalue weighted by molar-refractivity contribution is -0.141. The largest absolute Gasteiger partial charge is 0.497 e. The topological polar surface area (TPSA) is 96.0 Å². The Bertz CT molecular complexity index is 1420. The van der Waals surface area contributed by atoms with Crippen molar-refractivity contribution < 1.29 is 22.7 Å². The zero-order chi connectivity index (χ0) is 30.7. The van der Waals surface area contributed by atoms with Crippen LogP contribution in [-0.4, -0.2) is 57.1 Å². The number of anilines is 1. The average molecular weight is 659 g/mol. The Hall–Kier alpha value is -3.37. The second-order valence-electron chi connectivity index (χ2n) is 10.3. The Morgan fingerprint density at radius 2 is 1.67 bits per heavy atom. The Kier molecular flexibility index (Phi) is 12.4. The predicted octanol–water partition coefficient (Wildman–Crippen LogP) is 5.56. The van der Waals surface area contributed by atoms with Gasteiger partial charge in [0.25, 0.3) is 0 Å². The highest BCUT2D eigenvalue weighted by Gasteiger charge is 2.31. The van der Waals surface area contributed by atoms with Gasteiger partial charge >= 0.3 is 0 Å². The van der Waals surface area contributed by atoms with Crippen LogP contribution in [0.2, 0.25) is 0 Å². The van der Waals surface area contributed by atoms with E-state index in [1.54, 1.807) is 29.2 Å². The number of nitrogens with one attached hydrogen (secondary N) is 1. The summed E-state index contributed by atoms with van der Waals surface area (Å²) in [5.41, 5.74) is 2.29. The molecule has 0 heterocycles. The van der Waals surface area contributed by atoms with E-state index in [0.717, 1.165) is 28.3 Å². The van der Waals surface area contributed by atoms with Crippen molar-refractivity contribution in [2.24, 2.45) is 0 Å². The first-order valence-corrected chi connectivity index (χ1v) is 16.7. The van der Waals surface area contributed by atoms with Gasteiger partial charge in [0.15, 0.2) is 0 Å². The summed E-state index contributed by atoms with van der Waals surface area (Å²) in [4.78, 5) is 29.2. The Balaban J connectivity index is 1.89. The van der Waals surface area contributed by atoms with E-state index < -0.39 is 16.1 Å². The molecule has 0 aliphatic heterocycles. The lowest BCUT2D eigenvalue weighted by atomic mass is 10.0. The van der Waals surface area contributed by atoms with Crippen LogP contribution in [0.1, 0.15) is 44.2 Å². The molecule has 8 nitrogen and oxygen atoms in total. The van der Waals surface area contributed by atoms with Crippen LogP contribution < -0.4 is 14.4 Å². The van der Waals surface area contributed by atoms with E-state index in [0.29, 0.717) is 17.9 Å². The highest BCUT2D eigenvalue weighted by atomic mass is 79.9. The molecular formula is C32H40BrN3O5S. The van der Waals surface area contributed by atoms with Crippen LogP contribution in [0.3, 0.4) is 0 Å². The Labute approximate surface area is 258 Å². The van der Waals surface area contributed by atoms with Crippen molar-refractivity contribution in [1.29, 1.82) is 0 Å². The minimum absolute atomic E-state index is 0.0495. The fourth-order valence-corrected chi connectivity index (χ4v) is 5.77. The summed E-state index contributed by atoms with van der Waals surface area (Å²) >= 11 is 3.46. The number of benzene rings is 3. The van der Waals surface area contributed by atoms with Crippen molar-refractivity contribution >= 4 is 43.5 Å². The van der Waals surface area contributed by atoms with E-state index in [-0.39, 0.29) is 43.8 Å². The van der Waals surface area contributed by atoms with Gasteiger partial charge in [0.1, 0.15) is 11.8 Å². The molecule has 0 aliphatic rings. The van der Waals surface area contributed by atoms with Gasteiger partial charge in [0, 0.05) is 42.5 Å². The second-order valence-corrected chi connectivity index (χ2v) is 13.1. The third kappa shape index (κ3) is 9.87. The molecule has 3 aromatic rings. The van der Waals surface area contributed by atoms with Crippen molar-refractivity contribution in [2.45, 2.75) is 58.2 Å². The third-order valence-electron chi connectivity index (χ3n) is 7.03. The van der Waals surface area contributed by atoms with Gasteiger partial charge in [0.2, 0.25) is 21.8 Å². The zero-order valence-electron chi connectivity index (χ0n) is 24.6. The fourth-order valence-electron chi connectivity index (χ4n) is 4.55. The van der Waals surface area contributed by atoms with Gasteiger partial charge in [-0.1, -0.05) is 71.4 Å². The SMILES string of the molecule is CC[C@H](C)NC(=O)[C@@H](Cc1ccccc1)N(Cc1ccc(Br)cc1)C(=O)CCCN(c1cccc(OC)c1)S(C)(=O)=O. The number of rotatable bonds is 15. The van der Waals surface area contributed by atoms with Crippen LogP contribution in [0.15, 0.2) is 83.3 Å². The van der Waals surface area contributed by atoms with Crippen molar-refractivity contribution in [1.82, 2.24) is 10.2 Å². The van der Waals surface area contributed by atoms with Gasteiger partial charge in [-0.2, -0.15) is 0 Å². The van der Waals surface area contributed by atoms with Gasteiger partial charge in [-0.3, -0.25) is 13.9 Å². The van der Waals surface area contributed by atoms with Crippen LogP contribution in [-0.2, 0) is 32.6 Å². The molecule has 0 fully saturated rings. The van der Waals surface area contributed by atoms with Gasteiger partial charge in [-0.05, 0) is 55.2 Å². The number of carbonyl (C=O) groups excluding carboxylic acids is 2. The third-order valence-corrected chi connectivity index (χ3v) is 8.75. The first kappa shape index (κ1) is 33.1. The summed E-state index contributed by atoms with van der Waals surface area (Å²) in [6.07, 6.45) is 2.59. The molecule has 2 atom stereocenters. The summed E-state index contributed by atoms with van der Waals surface area (Å²) in [6.45, 7) is 4.28. The number of amides is 2. The molecule has 0 unspecified atom stereocenters. The molecule has 226 valence electrons. The summed E-state index contributed by atoms with van der Waals surface area (Å²) in [5, 5.41) is 3.07. The van der Waals surface area contributed by atoms with Crippen LogP contribution in [0, 0.1) is 0 Å². The highest BCUT2D eigenvalue weighted by molar-refractivity contribution is 9.10. The first-order valence-electron chi connectivity index (χ1n) is 14.0. The van der Waals surface area contributed by atoms with Gasteiger partial charge in [-0.25, -0.2) is 8.42 Å². The number of halogens is 1. The van der Waals surface area contributed by atoms with E-state index >= 15 is 0 Å². The summed E-state index contributed by atoms with van der Waals surface area (Å²) in [5.74, 6) is 0.0963. The van der Waals surface area contributed by atoms with E-state index in [1.807, 2.05) is 68.4 Å². The monoisotopic (exact) mass is 657 g/mol. The Morgan fingerprint density at radius 1 is 0.976 bits per heavy atom. The number of carbonyl (C=O) groups is 2. The summed E-state index contributed by atoms with van der Waals surface area (Å²) in [6, 6.07) is 23.3. The number of hydrogen-bond acceptors (Lipinski definition) is 5. The molecule has 1 N–H and O–H groups in total. The van der Waals surface area contributed by atoms with E-state index in [2.05, 4.69) is 21.2 Å². The lowest BCUT2D eigenvalue weighted by Crippen LogP contribution is -2.52. The quantitative estimate of drug-likeness (QED) is 0.231. The predicted molar refractivity (Wildman–Crippen MR) is 171 cm³/mol. The van der Waals surface area contributed by atoms with Crippen molar-refractivity contribution in [2.75, 3.05) is 24.2 Å². The summed E-state index contributed by atoms with van der Waals surface area (Å²) in [7, 11) is -2.10. The number of methoxy groups -OCH3 is 1. The molecule has 0 radical (unpaired) electrons. The van der Waals surface area contributed by atoms with Crippen LogP contribution in [0.5, 0.6) is 5.75 Å². The van der Waals surface area contributed by atoms with E-state index in [4.69, 9.17) is 4.74 Å². The molecule has 0 aliphatic carbocycles. The van der Waals surface area contributed by atoms with Gasteiger partial charge in [0.05, 0.1) is 19.1 Å².